The molecule has 0 atom stereocenters. The Morgan fingerprint density at radius 3 is 3.00 bits per heavy atom. The fourth-order valence-corrected chi connectivity index (χ4v) is 1.34. The van der Waals surface area contributed by atoms with Gasteiger partial charge in [0.05, 0.1) is 4.92 Å². The van der Waals surface area contributed by atoms with Crippen LogP contribution in [0, 0.1) is 10.1 Å². The van der Waals surface area contributed by atoms with Gasteiger partial charge in [0, 0.05) is 12.6 Å². The van der Waals surface area contributed by atoms with E-state index in [1.165, 1.54) is 12.1 Å². The van der Waals surface area contributed by atoms with E-state index in [2.05, 4.69) is 20.3 Å². The summed E-state index contributed by atoms with van der Waals surface area (Å²) in [6.07, 6.45) is 0. The summed E-state index contributed by atoms with van der Waals surface area (Å²) in [5.74, 6) is 0. The van der Waals surface area contributed by atoms with Gasteiger partial charge < -0.3 is 5.32 Å². The third-order valence-corrected chi connectivity index (χ3v) is 1.96. The molecule has 0 bridgehead atoms. The average molecular weight is 208 g/mol. The Morgan fingerprint density at radius 1 is 1.53 bits per heavy atom. The second-order valence-corrected chi connectivity index (χ2v) is 2.88. The molecular weight excluding hydrogens is 200 g/mol. The maximum Gasteiger partial charge on any atom is 0.294 e. The van der Waals surface area contributed by atoms with Crippen LogP contribution in [0.15, 0.2) is 16.8 Å². The van der Waals surface area contributed by atoms with Gasteiger partial charge in [0.2, 0.25) is 0 Å². The molecule has 7 heteroatoms. The Labute approximate surface area is 84.2 Å². The molecule has 0 aliphatic carbocycles. The molecule has 7 nitrogen and oxygen atoms in total. The summed E-state index contributed by atoms with van der Waals surface area (Å²) in [6, 6.07) is 2.88. The highest BCUT2D eigenvalue weighted by molar-refractivity contribution is 5.92. The first-order valence-electron chi connectivity index (χ1n) is 4.37. The van der Waals surface area contributed by atoms with Crippen molar-refractivity contribution in [1.29, 1.82) is 0 Å². The van der Waals surface area contributed by atoms with Gasteiger partial charge in [0.15, 0.2) is 5.52 Å². The van der Waals surface area contributed by atoms with E-state index < -0.39 is 4.92 Å². The molecule has 0 saturated heterocycles. The summed E-state index contributed by atoms with van der Waals surface area (Å²) < 4.78 is 4.52. The molecule has 0 radical (unpaired) electrons. The van der Waals surface area contributed by atoms with Crippen molar-refractivity contribution in [1.82, 2.24) is 10.3 Å². The molecule has 0 fully saturated rings. The van der Waals surface area contributed by atoms with Crippen LogP contribution in [-0.4, -0.2) is 21.8 Å². The van der Waals surface area contributed by atoms with Crippen molar-refractivity contribution in [2.75, 3.05) is 11.9 Å². The van der Waals surface area contributed by atoms with Crippen LogP contribution in [0.2, 0.25) is 0 Å². The minimum absolute atomic E-state index is 0.0277. The Bertz CT molecular complexity index is 508. The highest BCUT2D eigenvalue weighted by Gasteiger charge is 2.19. The normalized spacial score (nSPS) is 10.5. The number of hydrogen-bond donors (Lipinski definition) is 1. The van der Waals surface area contributed by atoms with Gasteiger partial charge in [-0.05, 0) is 23.3 Å². The molecule has 0 saturated carbocycles. The fraction of sp³-hybridized carbons (Fsp3) is 0.250. The zero-order valence-electron chi connectivity index (χ0n) is 7.93. The molecule has 15 heavy (non-hydrogen) atoms. The predicted molar refractivity (Wildman–Crippen MR) is 52.6 cm³/mol. The van der Waals surface area contributed by atoms with Crippen molar-refractivity contribution in [2.45, 2.75) is 6.92 Å². The van der Waals surface area contributed by atoms with E-state index in [0.717, 1.165) is 0 Å². The maximum absolute atomic E-state index is 10.7. The topological polar surface area (TPSA) is 94.1 Å². The third kappa shape index (κ3) is 1.47. The number of hydrogen-bond acceptors (Lipinski definition) is 6. The van der Waals surface area contributed by atoms with Gasteiger partial charge in [-0.1, -0.05) is 0 Å². The first-order chi connectivity index (χ1) is 7.24. The van der Waals surface area contributed by atoms with E-state index in [-0.39, 0.29) is 5.69 Å². The molecule has 1 aromatic heterocycles. The number of anilines is 1. The summed E-state index contributed by atoms with van der Waals surface area (Å²) in [6.45, 7) is 2.41. The largest absolute Gasteiger partial charge is 0.378 e. The van der Waals surface area contributed by atoms with Crippen molar-refractivity contribution in [3.05, 3.63) is 22.2 Å². The standard InChI is InChI=1S/C8H8N4O3/c1-2-9-8-6(12(13)14)4-3-5-7(8)11-15-10-5/h3-4,9H,2H2,1H3. The van der Waals surface area contributed by atoms with Crippen molar-refractivity contribution in [2.24, 2.45) is 0 Å². The van der Waals surface area contributed by atoms with E-state index >= 15 is 0 Å². The SMILES string of the molecule is CCNc1c([N+](=O)[O-])ccc2nonc12. The Kier molecular flexibility index (Phi) is 2.20. The van der Waals surface area contributed by atoms with Crippen LogP contribution < -0.4 is 5.32 Å². The first-order valence-corrected chi connectivity index (χ1v) is 4.37. The predicted octanol–water partition coefficient (Wildman–Crippen LogP) is 1.56. The molecular formula is C8H8N4O3. The number of aromatic nitrogens is 2. The Morgan fingerprint density at radius 2 is 2.33 bits per heavy atom. The van der Waals surface area contributed by atoms with Crippen LogP contribution in [0.4, 0.5) is 11.4 Å². The van der Waals surface area contributed by atoms with Gasteiger partial charge in [-0.2, -0.15) is 0 Å². The van der Waals surface area contributed by atoms with Gasteiger partial charge in [-0.15, -0.1) is 0 Å². The lowest BCUT2D eigenvalue weighted by Crippen LogP contribution is -2.01. The monoisotopic (exact) mass is 208 g/mol. The van der Waals surface area contributed by atoms with Crippen molar-refractivity contribution in [3.63, 3.8) is 0 Å². The summed E-state index contributed by atoms with van der Waals surface area (Å²) in [5, 5.41) is 20.9. The highest BCUT2D eigenvalue weighted by Crippen LogP contribution is 2.30. The highest BCUT2D eigenvalue weighted by atomic mass is 16.6. The number of nitrogens with zero attached hydrogens (tertiary/aromatic N) is 3. The second kappa shape index (κ2) is 3.52. The Hall–Kier alpha value is -2.18. The minimum Gasteiger partial charge on any atom is -0.378 e. The van der Waals surface area contributed by atoms with Crippen molar-refractivity contribution < 1.29 is 9.55 Å². The number of nitro groups is 1. The molecule has 1 N–H and O–H groups in total. The van der Waals surface area contributed by atoms with Gasteiger partial charge >= 0.3 is 0 Å². The summed E-state index contributed by atoms with van der Waals surface area (Å²) >= 11 is 0. The van der Waals surface area contributed by atoms with Gasteiger partial charge in [0.1, 0.15) is 11.2 Å². The maximum atomic E-state index is 10.7. The van der Waals surface area contributed by atoms with E-state index in [0.29, 0.717) is 23.3 Å². The van der Waals surface area contributed by atoms with E-state index in [1.54, 1.807) is 0 Å². The molecule has 2 rings (SSSR count). The third-order valence-electron chi connectivity index (χ3n) is 1.96. The van der Waals surface area contributed by atoms with Crippen LogP contribution in [0.1, 0.15) is 6.92 Å². The van der Waals surface area contributed by atoms with Crippen molar-refractivity contribution in [3.8, 4) is 0 Å². The van der Waals surface area contributed by atoms with Gasteiger partial charge in [-0.3, -0.25) is 10.1 Å². The number of rotatable bonds is 3. The zero-order chi connectivity index (χ0) is 10.8. The summed E-state index contributed by atoms with van der Waals surface area (Å²) in [4.78, 5) is 10.3. The van der Waals surface area contributed by atoms with E-state index in [1.807, 2.05) is 6.92 Å². The first kappa shape index (κ1) is 9.38. The average Bonchev–Trinajstić information content (AvgIpc) is 2.66. The number of nitro benzene ring substituents is 1. The molecule has 1 aromatic carbocycles. The molecule has 0 spiro atoms. The smallest absolute Gasteiger partial charge is 0.294 e. The van der Waals surface area contributed by atoms with Gasteiger partial charge in [0.25, 0.3) is 5.69 Å². The molecule has 0 unspecified atom stereocenters. The minimum atomic E-state index is -0.466. The summed E-state index contributed by atoms with van der Waals surface area (Å²) in [5.41, 5.74) is 1.20. The van der Waals surface area contributed by atoms with Crippen LogP contribution in [0.25, 0.3) is 11.0 Å². The molecule has 1 heterocycles. The molecule has 0 amide bonds. The number of benzene rings is 1. The number of nitrogens with one attached hydrogen (secondary N) is 1. The van der Waals surface area contributed by atoms with Crippen LogP contribution >= 0.6 is 0 Å². The lowest BCUT2D eigenvalue weighted by molar-refractivity contribution is -0.383. The molecule has 2 aromatic rings. The fourth-order valence-electron chi connectivity index (χ4n) is 1.34. The van der Waals surface area contributed by atoms with Crippen LogP contribution in [-0.2, 0) is 0 Å². The van der Waals surface area contributed by atoms with E-state index in [4.69, 9.17) is 0 Å². The van der Waals surface area contributed by atoms with Crippen molar-refractivity contribution >= 4 is 22.4 Å². The number of fused-ring (bicyclic) bond motifs is 1. The zero-order valence-corrected chi connectivity index (χ0v) is 7.93. The quantitative estimate of drug-likeness (QED) is 0.607. The van der Waals surface area contributed by atoms with Crippen LogP contribution in [0.5, 0.6) is 0 Å². The molecule has 0 aliphatic heterocycles. The second-order valence-electron chi connectivity index (χ2n) is 2.88. The Balaban J connectivity index is 2.69. The van der Waals surface area contributed by atoms with Crippen LogP contribution in [0.3, 0.4) is 0 Å². The molecule has 78 valence electrons. The van der Waals surface area contributed by atoms with Gasteiger partial charge in [-0.25, -0.2) is 4.63 Å². The lowest BCUT2D eigenvalue weighted by Gasteiger charge is -2.03. The summed E-state index contributed by atoms with van der Waals surface area (Å²) in [7, 11) is 0. The lowest BCUT2D eigenvalue weighted by atomic mass is 10.2. The van der Waals surface area contributed by atoms with E-state index in [9.17, 15) is 10.1 Å². The molecule has 0 aliphatic rings.